The highest BCUT2D eigenvalue weighted by Gasteiger charge is 2.07. The molecule has 0 spiro atoms. The van der Waals surface area contributed by atoms with Gasteiger partial charge in [-0.25, -0.2) is 0 Å². The summed E-state index contributed by atoms with van der Waals surface area (Å²) in [6.07, 6.45) is 3.06. The number of hydrogen-bond donors (Lipinski definition) is 1. The second-order valence-electron chi connectivity index (χ2n) is 1.00. The standard InChI is InChI=1S/C3H3N4/c4-6-3-1-2-5-7-3/h1-2,4H/q+1. The van der Waals surface area contributed by atoms with Gasteiger partial charge in [0.2, 0.25) is 0 Å². The molecule has 0 aliphatic carbocycles. The highest BCUT2D eigenvalue weighted by Crippen LogP contribution is 1.90. The van der Waals surface area contributed by atoms with Gasteiger partial charge in [-0.3, -0.25) is 0 Å². The number of amidine groups is 1. The molecule has 1 N–H and O–H groups in total. The predicted molar refractivity (Wildman–Crippen MR) is 22.0 cm³/mol. The van der Waals surface area contributed by atoms with Crippen molar-refractivity contribution in [2.75, 3.05) is 0 Å². The zero-order valence-electron chi connectivity index (χ0n) is 3.50. The van der Waals surface area contributed by atoms with Gasteiger partial charge in [-0.1, -0.05) is 4.79 Å². The van der Waals surface area contributed by atoms with Gasteiger partial charge in [-0.05, 0) is 10.6 Å². The summed E-state index contributed by atoms with van der Waals surface area (Å²) < 4.78 is 0. The van der Waals surface area contributed by atoms with Crippen molar-refractivity contribution in [3.63, 3.8) is 0 Å². The lowest BCUT2D eigenvalue weighted by Crippen LogP contribution is -1.80. The Labute approximate surface area is 39.8 Å². The molecule has 1 rings (SSSR count). The molecule has 0 aromatic carbocycles. The van der Waals surface area contributed by atoms with Gasteiger partial charge in [0.15, 0.2) is 0 Å². The smallest absolute Gasteiger partial charge is 0.0765 e. The first-order valence-corrected chi connectivity index (χ1v) is 1.75. The van der Waals surface area contributed by atoms with Crippen molar-refractivity contribution < 1.29 is 4.79 Å². The molecule has 7 heavy (non-hydrogen) atoms. The van der Waals surface area contributed by atoms with Crippen LogP contribution in [-0.2, 0) is 0 Å². The maximum atomic E-state index is 6.38. The van der Waals surface area contributed by atoms with Crippen molar-refractivity contribution in [3.05, 3.63) is 12.3 Å². The summed E-state index contributed by atoms with van der Waals surface area (Å²) in [5.41, 5.74) is 6.38. The Morgan fingerprint density at radius 3 is 2.86 bits per heavy atom. The normalized spacial score (nSPS) is 15.1. The van der Waals surface area contributed by atoms with Crippen molar-refractivity contribution in [1.29, 1.82) is 5.53 Å². The Balaban J connectivity index is 3.00. The predicted octanol–water partition coefficient (Wildman–Crippen LogP) is 0.604. The molecule has 1 aliphatic rings. The van der Waals surface area contributed by atoms with Gasteiger partial charge < -0.3 is 0 Å². The average molecular weight is 95.1 g/mol. The van der Waals surface area contributed by atoms with E-state index in [-0.39, 0.29) is 0 Å². The summed E-state index contributed by atoms with van der Waals surface area (Å²) in [6.45, 7) is 0. The summed E-state index contributed by atoms with van der Waals surface area (Å²) in [6, 6.07) is 0. The second kappa shape index (κ2) is 1.45. The lowest BCUT2D eigenvalue weighted by molar-refractivity contribution is -0.119. The highest BCUT2D eigenvalue weighted by molar-refractivity contribution is 5.89. The molecule has 1 heterocycles. The monoisotopic (exact) mass is 95.0 g/mol. The molecular formula is C3H3N4+. The van der Waals surface area contributed by atoms with Crippen molar-refractivity contribution in [2.24, 2.45) is 10.2 Å². The van der Waals surface area contributed by atoms with Gasteiger partial charge in [-0.15, -0.1) is 0 Å². The van der Waals surface area contributed by atoms with Crippen LogP contribution in [0.5, 0.6) is 0 Å². The number of nitrogens with one attached hydrogen (secondary N) is 1. The van der Waals surface area contributed by atoms with Crippen LogP contribution < -0.4 is 0 Å². The number of azo groups is 1. The largest absolute Gasteiger partial charge is 0.471 e. The van der Waals surface area contributed by atoms with Crippen LogP contribution in [0, 0.1) is 5.53 Å². The maximum Gasteiger partial charge on any atom is 0.471 e. The zero-order valence-corrected chi connectivity index (χ0v) is 3.50. The van der Waals surface area contributed by atoms with E-state index in [0.717, 1.165) is 0 Å². The molecule has 0 bridgehead atoms. The van der Waals surface area contributed by atoms with Crippen LogP contribution in [0.4, 0.5) is 0 Å². The SMILES string of the molecule is N=[N+]=C1C=CN=N1. The summed E-state index contributed by atoms with van der Waals surface area (Å²) in [5.74, 6) is 0.361. The molecule has 34 valence electrons. The zero-order chi connectivity index (χ0) is 5.11. The fourth-order valence-electron chi connectivity index (χ4n) is 0.285. The average Bonchev–Trinajstić information content (AvgIpc) is 2.14. The number of nitrogens with zero attached hydrogens (tertiary/aromatic N) is 3. The van der Waals surface area contributed by atoms with Gasteiger partial charge >= 0.3 is 5.84 Å². The topological polar surface area (TPSA) is 62.7 Å². The molecule has 0 saturated carbocycles. The molecule has 0 fully saturated rings. The lowest BCUT2D eigenvalue weighted by atomic mass is 10.6. The van der Waals surface area contributed by atoms with Crippen LogP contribution in [-0.4, -0.2) is 10.6 Å². The molecule has 0 saturated heterocycles. The van der Waals surface area contributed by atoms with Gasteiger partial charge in [-0.2, -0.15) is 0 Å². The molecule has 0 radical (unpaired) electrons. The Morgan fingerprint density at radius 1 is 1.71 bits per heavy atom. The first kappa shape index (κ1) is 3.89. The minimum atomic E-state index is 0.361. The van der Waals surface area contributed by atoms with E-state index in [2.05, 4.69) is 15.0 Å². The Bertz CT molecular complexity index is 157. The third kappa shape index (κ3) is 0.586. The van der Waals surface area contributed by atoms with Crippen molar-refractivity contribution in [2.45, 2.75) is 0 Å². The molecule has 4 nitrogen and oxygen atoms in total. The summed E-state index contributed by atoms with van der Waals surface area (Å²) >= 11 is 0. The minimum absolute atomic E-state index is 0.361. The van der Waals surface area contributed by atoms with Crippen LogP contribution >= 0.6 is 0 Å². The van der Waals surface area contributed by atoms with Crippen molar-refractivity contribution in [1.82, 2.24) is 0 Å². The van der Waals surface area contributed by atoms with Gasteiger partial charge in [0.1, 0.15) is 5.11 Å². The summed E-state index contributed by atoms with van der Waals surface area (Å²) in [7, 11) is 0. The third-order valence-corrected chi connectivity index (χ3v) is 0.565. The second-order valence-corrected chi connectivity index (χ2v) is 1.00. The molecule has 4 heteroatoms. The van der Waals surface area contributed by atoms with Crippen LogP contribution in [0.25, 0.3) is 0 Å². The number of rotatable bonds is 0. The quantitative estimate of drug-likeness (QED) is 0.338. The van der Waals surface area contributed by atoms with Gasteiger partial charge in [0.25, 0.3) is 0 Å². The van der Waals surface area contributed by atoms with Crippen LogP contribution in [0.3, 0.4) is 0 Å². The van der Waals surface area contributed by atoms with Crippen molar-refractivity contribution in [3.8, 4) is 0 Å². The maximum absolute atomic E-state index is 6.38. The molecular weight excluding hydrogens is 92.1 g/mol. The Hall–Kier alpha value is -1.28. The van der Waals surface area contributed by atoms with Gasteiger partial charge in [0.05, 0.1) is 12.3 Å². The first-order valence-electron chi connectivity index (χ1n) is 1.75. The minimum Gasteiger partial charge on any atom is -0.0765 e. The Kier molecular flexibility index (Phi) is 0.805. The molecule has 0 aromatic rings. The van der Waals surface area contributed by atoms with E-state index in [0.29, 0.717) is 5.84 Å². The van der Waals surface area contributed by atoms with Crippen molar-refractivity contribution >= 4 is 5.84 Å². The van der Waals surface area contributed by atoms with Gasteiger partial charge in [0, 0.05) is 0 Å². The molecule has 0 aromatic heterocycles. The van der Waals surface area contributed by atoms with Crippen LogP contribution in [0.1, 0.15) is 0 Å². The van der Waals surface area contributed by atoms with E-state index < -0.39 is 0 Å². The van der Waals surface area contributed by atoms with E-state index in [1.807, 2.05) is 0 Å². The fourth-order valence-corrected chi connectivity index (χ4v) is 0.285. The Morgan fingerprint density at radius 2 is 2.57 bits per heavy atom. The molecule has 1 aliphatic heterocycles. The fraction of sp³-hybridized carbons (Fsp3) is 0. The molecule has 0 amide bonds. The van der Waals surface area contributed by atoms with Crippen LogP contribution in [0.2, 0.25) is 0 Å². The van der Waals surface area contributed by atoms with Crippen LogP contribution in [0.15, 0.2) is 22.5 Å². The van der Waals surface area contributed by atoms with E-state index in [9.17, 15) is 0 Å². The first-order chi connectivity index (χ1) is 3.43. The third-order valence-electron chi connectivity index (χ3n) is 0.565. The van der Waals surface area contributed by atoms with E-state index >= 15 is 0 Å². The van der Waals surface area contributed by atoms with E-state index in [1.54, 1.807) is 6.08 Å². The van der Waals surface area contributed by atoms with E-state index in [1.165, 1.54) is 6.20 Å². The number of hydrogen-bond acceptors (Lipinski definition) is 2. The summed E-state index contributed by atoms with van der Waals surface area (Å²) in [5, 5.41) is 6.86. The highest BCUT2D eigenvalue weighted by atomic mass is 15.2. The molecule has 0 atom stereocenters. The van der Waals surface area contributed by atoms with E-state index in [4.69, 9.17) is 5.53 Å². The lowest BCUT2D eigenvalue weighted by Gasteiger charge is -1.47. The molecule has 0 unspecified atom stereocenters. The summed E-state index contributed by atoms with van der Waals surface area (Å²) in [4.78, 5) is 3.01.